The first-order valence-corrected chi connectivity index (χ1v) is 10.7. The van der Waals surface area contributed by atoms with Gasteiger partial charge >= 0.3 is 0 Å². The number of nitrogens with one attached hydrogen (secondary N) is 3. The number of hydrogen-bond acceptors (Lipinski definition) is 9. The summed E-state index contributed by atoms with van der Waals surface area (Å²) >= 11 is 0. The molecule has 180 valence electrons. The van der Waals surface area contributed by atoms with E-state index in [1.54, 1.807) is 24.5 Å². The third-order valence-electron chi connectivity index (χ3n) is 5.12. The fraction of sp³-hybridized carbons (Fsp3) is 0.174. The summed E-state index contributed by atoms with van der Waals surface area (Å²) in [6.45, 7) is 2.52. The Bertz CT molecular complexity index is 1260. The predicted octanol–water partition coefficient (Wildman–Crippen LogP) is 3.85. The van der Waals surface area contributed by atoms with Gasteiger partial charge in [-0.15, -0.1) is 12.4 Å². The van der Waals surface area contributed by atoms with E-state index in [1.165, 1.54) is 12.1 Å². The summed E-state index contributed by atoms with van der Waals surface area (Å²) in [6.07, 6.45) is 3.35. The number of aromatic nitrogens is 5. The van der Waals surface area contributed by atoms with Crippen molar-refractivity contribution >= 4 is 42.2 Å². The molecule has 1 saturated heterocycles. The maximum atomic E-state index is 13.3. The first-order chi connectivity index (χ1) is 16.7. The van der Waals surface area contributed by atoms with Crippen LogP contribution in [-0.4, -0.2) is 57.7 Å². The van der Waals surface area contributed by atoms with Crippen molar-refractivity contribution in [3.8, 4) is 11.3 Å². The minimum absolute atomic E-state index is 0. The molecule has 2 aromatic heterocycles. The molecule has 0 spiro atoms. The number of morpholine rings is 1. The van der Waals surface area contributed by atoms with E-state index >= 15 is 0 Å². The smallest absolute Gasteiger partial charge is 0.250 e. The molecule has 0 atom stereocenters. The van der Waals surface area contributed by atoms with Gasteiger partial charge in [-0.1, -0.05) is 30.3 Å². The summed E-state index contributed by atoms with van der Waals surface area (Å²) in [7, 11) is 0. The third kappa shape index (κ3) is 6.08. The highest BCUT2D eigenvalue weighted by Gasteiger charge is 2.17. The van der Waals surface area contributed by atoms with Crippen LogP contribution in [0.5, 0.6) is 0 Å². The number of aromatic amines is 1. The van der Waals surface area contributed by atoms with E-state index in [0.717, 1.165) is 16.8 Å². The van der Waals surface area contributed by atoms with Crippen molar-refractivity contribution in [3.05, 3.63) is 72.2 Å². The monoisotopic (exact) mass is 495 g/mol. The zero-order valence-electron chi connectivity index (χ0n) is 18.6. The Hall–Kier alpha value is -4.09. The lowest BCUT2D eigenvalue weighted by Gasteiger charge is -2.27. The molecule has 4 aromatic rings. The van der Waals surface area contributed by atoms with Crippen molar-refractivity contribution < 1.29 is 9.13 Å². The summed E-state index contributed by atoms with van der Waals surface area (Å²) in [5, 5.41) is 14.5. The number of hydrogen-bond donors (Lipinski definition) is 3. The number of benzene rings is 2. The van der Waals surface area contributed by atoms with Crippen LogP contribution in [-0.2, 0) is 4.74 Å². The van der Waals surface area contributed by atoms with Crippen molar-refractivity contribution in [2.24, 2.45) is 5.10 Å². The molecule has 3 heterocycles. The lowest BCUT2D eigenvalue weighted by molar-refractivity contribution is 0.122. The largest absolute Gasteiger partial charge is 0.378 e. The standard InChI is InChI=1S/C23H22FN9O.ClH/c24-18-6-8-19(9-7-18)27-21-28-22(30-23(29-21)33-10-12-34-13-11-33)32-26-15-17-14-25-31-20(17)16-4-2-1-3-5-16;/h1-9,14-15H,10-13H2,(H,25,31)(H2,27,28,29,30,32);1H/b26-15+;. The molecule has 1 aliphatic rings. The lowest BCUT2D eigenvalue weighted by atomic mass is 10.1. The molecular weight excluding hydrogens is 473 g/mol. The summed E-state index contributed by atoms with van der Waals surface area (Å²) in [4.78, 5) is 15.5. The van der Waals surface area contributed by atoms with Crippen LogP contribution in [0.25, 0.3) is 11.3 Å². The van der Waals surface area contributed by atoms with Crippen molar-refractivity contribution in [1.29, 1.82) is 0 Å². The van der Waals surface area contributed by atoms with E-state index in [2.05, 4.69) is 41.0 Å². The lowest BCUT2D eigenvalue weighted by Crippen LogP contribution is -2.37. The molecule has 0 bridgehead atoms. The van der Waals surface area contributed by atoms with E-state index in [0.29, 0.717) is 43.9 Å². The van der Waals surface area contributed by atoms with Crippen LogP contribution in [0.4, 0.5) is 27.9 Å². The van der Waals surface area contributed by atoms with Gasteiger partial charge in [-0.2, -0.15) is 25.2 Å². The van der Waals surface area contributed by atoms with Crippen LogP contribution in [0.3, 0.4) is 0 Å². The van der Waals surface area contributed by atoms with E-state index in [1.807, 2.05) is 35.2 Å². The zero-order valence-corrected chi connectivity index (χ0v) is 19.4. The molecule has 0 radical (unpaired) electrons. The average molecular weight is 496 g/mol. The Labute approximate surface area is 207 Å². The molecule has 1 fully saturated rings. The maximum Gasteiger partial charge on any atom is 0.250 e. The molecular formula is C23H23ClFN9O. The highest BCUT2D eigenvalue weighted by atomic mass is 35.5. The Morgan fingerprint density at radius 2 is 1.71 bits per heavy atom. The van der Waals surface area contributed by atoms with Gasteiger partial charge < -0.3 is 15.0 Å². The van der Waals surface area contributed by atoms with Gasteiger partial charge in [0.15, 0.2) is 0 Å². The van der Waals surface area contributed by atoms with Gasteiger partial charge in [-0.25, -0.2) is 9.82 Å². The Morgan fingerprint density at radius 3 is 2.49 bits per heavy atom. The Kier molecular flexibility index (Phi) is 7.81. The molecule has 0 saturated carbocycles. The maximum absolute atomic E-state index is 13.3. The van der Waals surface area contributed by atoms with Gasteiger partial charge in [0.25, 0.3) is 0 Å². The molecule has 5 rings (SSSR count). The molecule has 12 heteroatoms. The highest BCUT2D eigenvalue weighted by Crippen LogP contribution is 2.21. The predicted molar refractivity (Wildman–Crippen MR) is 135 cm³/mol. The molecule has 2 aromatic carbocycles. The van der Waals surface area contributed by atoms with Gasteiger partial charge in [0.1, 0.15) is 5.82 Å². The van der Waals surface area contributed by atoms with E-state index < -0.39 is 0 Å². The van der Waals surface area contributed by atoms with Gasteiger partial charge in [-0.3, -0.25) is 5.10 Å². The average Bonchev–Trinajstić information content (AvgIpc) is 3.35. The van der Waals surface area contributed by atoms with Gasteiger partial charge in [0, 0.05) is 29.9 Å². The van der Waals surface area contributed by atoms with Crippen LogP contribution < -0.4 is 15.6 Å². The number of ether oxygens (including phenoxy) is 1. The number of halogens is 2. The summed E-state index contributed by atoms with van der Waals surface area (Å²) < 4.78 is 18.7. The van der Waals surface area contributed by atoms with Crippen molar-refractivity contribution in [3.63, 3.8) is 0 Å². The van der Waals surface area contributed by atoms with Crippen molar-refractivity contribution in [2.75, 3.05) is 41.9 Å². The van der Waals surface area contributed by atoms with Crippen molar-refractivity contribution in [1.82, 2.24) is 25.1 Å². The second kappa shape index (κ2) is 11.4. The minimum atomic E-state index is -0.319. The van der Waals surface area contributed by atoms with E-state index in [4.69, 9.17) is 4.74 Å². The molecule has 3 N–H and O–H groups in total. The quantitative estimate of drug-likeness (QED) is 0.261. The van der Waals surface area contributed by atoms with Crippen LogP contribution >= 0.6 is 12.4 Å². The second-order valence-electron chi connectivity index (χ2n) is 7.45. The Morgan fingerprint density at radius 1 is 0.971 bits per heavy atom. The fourth-order valence-corrected chi connectivity index (χ4v) is 3.43. The van der Waals surface area contributed by atoms with Crippen LogP contribution in [0, 0.1) is 5.82 Å². The first kappa shape index (κ1) is 24.0. The molecule has 0 aliphatic carbocycles. The van der Waals surface area contributed by atoms with Crippen LogP contribution in [0.2, 0.25) is 0 Å². The van der Waals surface area contributed by atoms with Crippen LogP contribution in [0.15, 0.2) is 65.9 Å². The molecule has 1 aliphatic heterocycles. The fourth-order valence-electron chi connectivity index (χ4n) is 3.43. The number of hydrazone groups is 1. The number of nitrogens with zero attached hydrogens (tertiary/aromatic N) is 6. The topological polar surface area (TPSA) is 116 Å². The normalized spacial score (nSPS) is 13.5. The molecule has 35 heavy (non-hydrogen) atoms. The zero-order chi connectivity index (χ0) is 23.2. The number of anilines is 4. The highest BCUT2D eigenvalue weighted by molar-refractivity contribution is 5.88. The summed E-state index contributed by atoms with van der Waals surface area (Å²) in [6, 6.07) is 15.8. The van der Waals surface area contributed by atoms with Gasteiger partial charge in [0.2, 0.25) is 17.8 Å². The number of H-pyrrole nitrogens is 1. The van der Waals surface area contributed by atoms with E-state index in [-0.39, 0.29) is 24.2 Å². The Balaban J connectivity index is 0.00000289. The van der Waals surface area contributed by atoms with Gasteiger partial charge in [-0.05, 0) is 24.3 Å². The number of rotatable bonds is 7. The van der Waals surface area contributed by atoms with E-state index in [9.17, 15) is 4.39 Å². The van der Waals surface area contributed by atoms with Crippen LogP contribution in [0.1, 0.15) is 5.56 Å². The second-order valence-corrected chi connectivity index (χ2v) is 7.45. The summed E-state index contributed by atoms with van der Waals surface area (Å²) in [5.41, 5.74) is 6.21. The van der Waals surface area contributed by atoms with Crippen molar-refractivity contribution in [2.45, 2.75) is 0 Å². The minimum Gasteiger partial charge on any atom is -0.378 e. The summed E-state index contributed by atoms with van der Waals surface area (Å²) in [5.74, 6) is 0.756. The molecule has 0 amide bonds. The SMILES string of the molecule is Cl.Fc1ccc(Nc2nc(N/N=C/c3cn[nH]c3-c3ccccc3)nc(N3CCOCC3)n2)cc1. The molecule has 0 unspecified atom stereocenters. The van der Waals surface area contributed by atoms with Gasteiger partial charge in [0.05, 0.1) is 31.3 Å². The first-order valence-electron chi connectivity index (χ1n) is 10.7. The molecule has 10 nitrogen and oxygen atoms in total. The third-order valence-corrected chi connectivity index (χ3v) is 5.12.